The standard InChI is InChI=1S/C29H32F2N4O2S/c1-18-7-10-20(11-8-18)35-28-25(27(32-35)29(2,3)4)26(21-12-9-19(30)15-22(21)31)38-17-24(37)34(28)16-23(36)33-13-5-6-14-33/h7-12,15,26H,5-6,13-14,16-17H2,1-4H3/t26-/m1/s1. The Morgan fingerprint density at radius 3 is 2.39 bits per heavy atom. The number of nitrogens with zero attached hydrogens (tertiary/aromatic N) is 4. The highest BCUT2D eigenvalue weighted by Gasteiger charge is 2.41. The maximum Gasteiger partial charge on any atom is 0.242 e. The van der Waals surface area contributed by atoms with Gasteiger partial charge in [-0.25, -0.2) is 13.5 Å². The first kappa shape index (κ1) is 26.4. The number of anilines is 1. The number of hydrogen-bond donors (Lipinski definition) is 0. The first-order valence-electron chi connectivity index (χ1n) is 12.9. The first-order chi connectivity index (χ1) is 18.0. The lowest BCUT2D eigenvalue weighted by Crippen LogP contribution is -2.43. The van der Waals surface area contributed by atoms with Crippen LogP contribution in [0.25, 0.3) is 5.69 Å². The Hall–Kier alpha value is -3.20. The van der Waals surface area contributed by atoms with E-state index in [0.717, 1.165) is 30.2 Å². The zero-order chi connectivity index (χ0) is 27.2. The Labute approximate surface area is 226 Å². The lowest BCUT2D eigenvalue weighted by molar-refractivity contribution is -0.130. The fourth-order valence-corrected chi connectivity index (χ4v) is 6.32. The zero-order valence-electron chi connectivity index (χ0n) is 22.1. The maximum atomic E-state index is 15.2. The average Bonchev–Trinajstić information content (AvgIpc) is 3.50. The van der Waals surface area contributed by atoms with Gasteiger partial charge in [-0.2, -0.15) is 5.10 Å². The summed E-state index contributed by atoms with van der Waals surface area (Å²) in [6.07, 6.45) is 1.89. The lowest BCUT2D eigenvalue weighted by atomic mass is 9.87. The van der Waals surface area contributed by atoms with Gasteiger partial charge in [-0.1, -0.05) is 44.5 Å². The molecule has 6 nitrogen and oxygen atoms in total. The molecule has 38 heavy (non-hydrogen) atoms. The molecule has 0 bridgehead atoms. The van der Waals surface area contributed by atoms with Crippen LogP contribution in [0, 0.1) is 18.6 Å². The van der Waals surface area contributed by atoms with Crippen LogP contribution in [0.2, 0.25) is 0 Å². The van der Waals surface area contributed by atoms with Gasteiger partial charge in [0, 0.05) is 35.7 Å². The van der Waals surface area contributed by atoms with Gasteiger partial charge in [-0.15, -0.1) is 11.8 Å². The van der Waals surface area contributed by atoms with E-state index in [1.807, 2.05) is 52.0 Å². The Kier molecular flexibility index (Phi) is 7.07. The number of aryl methyl sites for hydroxylation is 1. The van der Waals surface area contributed by atoms with Crippen LogP contribution in [0.15, 0.2) is 42.5 Å². The summed E-state index contributed by atoms with van der Waals surface area (Å²) in [7, 11) is 0. The summed E-state index contributed by atoms with van der Waals surface area (Å²) < 4.78 is 30.8. The molecule has 9 heteroatoms. The molecule has 1 aromatic heterocycles. The Morgan fingerprint density at radius 2 is 1.76 bits per heavy atom. The highest BCUT2D eigenvalue weighted by Crippen LogP contribution is 2.49. The molecule has 2 amide bonds. The molecule has 2 aliphatic rings. The van der Waals surface area contributed by atoms with Gasteiger partial charge in [-0.05, 0) is 38.0 Å². The number of carbonyl (C=O) groups excluding carboxylic acids is 2. The second-order valence-corrected chi connectivity index (χ2v) is 12.1. The maximum absolute atomic E-state index is 15.2. The number of halogens is 2. The molecule has 3 aromatic rings. The fourth-order valence-electron chi connectivity index (χ4n) is 5.10. The molecule has 0 spiro atoms. The van der Waals surface area contributed by atoms with Crippen molar-refractivity contribution in [3.05, 3.63) is 76.5 Å². The molecular formula is C29H32F2N4O2S. The molecule has 1 atom stereocenters. The number of thioether (sulfide) groups is 1. The van der Waals surface area contributed by atoms with E-state index in [0.29, 0.717) is 30.2 Å². The molecule has 1 fully saturated rings. The van der Waals surface area contributed by atoms with Crippen LogP contribution >= 0.6 is 11.8 Å². The molecule has 2 aromatic carbocycles. The summed E-state index contributed by atoms with van der Waals surface area (Å²) >= 11 is 1.28. The molecule has 0 saturated carbocycles. The summed E-state index contributed by atoms with van der Waals surface area (Å²) in [5.74, 6) is -1.19. The third-order valence-corrected chi connectivity index (χ3v) is 8.31. The van der Waals surface area contributed by atoms with Crippen LogP contribution < -0.4 is 4.90 Å². The molecule has 2 aliphatic heterocycles. The summed E-state index contributed by atoms with van der Waals surface area (Å²) in [4.78, 5) is 30.3. The van der Waals surface area contributed by atoms with Gasteiger partial charge < -0.3 is 4.90 Å². The van der Waals surface area contributed by atoms with Gasteiger partial charge in [-0.3, -0.25) is 14.5 Å². The quantitative estimate of drug-likeness (QED) is 0.437. The van der Waals surface area contributed by atoms with Crippen molar-refractivity contribution in [2.45, 2.75) is 51.2 Å². The number of hydrogen-bond acceptors (Lipinski definition) is 4. The predicted molar refractivity (Wildman–Crippen MR) is 146 cm³/mol. The minimum absolute atomic E-state index is 0.0426. The Balaban J connectivity index is 1.76. The number of likely N-dealkylation sites (tertiary alicyclic amines) is 1. The van der Waals surface area contributed by atoms with Gasteiger partial charge in [0.2, 0.25) is 11.8 Å². The van der Waals surface area contributed by atoms with Crippen LogP contribution in [-0.2, 0) is 15.0 Å². The Bertz CT molecular complexity index is 1370. The summed E-state index contributed by atoms with van der Waals surface area (Å²) in [6, 6.07) is 11.3. The smallest absolute Gasteiger partial charge is 0.242 e. The molecule has 1 saturated heterocycles. The van der Waals surface area contributed by atoms with Crippen LogP contribution in [0.5, 0.6) is 0 Å². The van der Waals surface area contributed by atoms with Crippen molar-refractivity contribution in [1.82, 2.24) is 14.7 Å². The number of fused-ring (bicyclic) bond motifs is 1. The molecule has 0 aliphatic carbocycles. The largest absolute Gasteiger partial charge is 0.341 e. The van der Waals surface area contributed by atoms with Crippen LogP contribution in [0.3, 0.4) is 0 Å². The second kappa shape index (κ2) is 10.2. The van der Waals surface area contributed by atoms with Gasteiger partial charge in [0.05, 0.1) is 22.4 Å². The monoisotopic (exact) mass is 538 g/mol. The molecule has 200 valence electrons. The number of rotatable bonds is 4. The lowest BCUT2D eigenvalue weighted by Gasteiger charge is -2.26. The van der Waals surface area contributed by atoms with Crippen LogP contribution in [0.4, 0.5) is 14.6 Å². The number of amides is 2. The number of benzene rings is 2. The van der Waals surface area contributed by atoms with E-state index in [1.54, 1.807) is 9.58 Å². The normalized spacial score (nSPS) is 18.1. The molecule has 0 unspecified atom stereocenters. The highest BCUT2D eigenvalue weighted by atomic mass is 32.2. The van der Waals surface area contributed by atoms with E-state index in [4.69, 9.17) is 5.10 Å². The van der Waals surface area contributed by atoms with Crippen molar-refractivity contribution in [2.75, 3.05) is 30.3 Å². The summed E-state index contributed by atoms with van der Waals surface area (Å²) in [5.41, 5.74) is 3.00. The van der Waals surface area contributed by atoms with E-state index in [9.17, 15) is 14.0 Å². The third-order valence-electron chi connectivity index (χ3n) is 7.08. The predicted octanol–water partition coefficient (Wildman–Crippen LogP) is 5.55. The SMILES string of the molecule is Cc1ccc(-n2nc(C(C)(C)C)c3c2N(CC(=O)N2CCCC2)C(=O)CS[C@@H]3c2ccc(F)cc2F)cc1. The Morgan fingerprint density at radius 1 is 1.08 bits per heavy atom. The zero-order valence-corrected chi connectivity index (χ0v) is 22.9. The van der Waals surface area contributed by atoms with E-state index < -0.39 is 22.3 Å². The van der Waals surface area contributed by atoms with Crippen molar-refractivity contribution in [2.24, 2.45) is 0 Å². The van der Waals surface area contributed by atoms with Gasteiger partial charge in [0.25, 0.3) is 0 Å². The number of aromatic nitrogens is 2. The third kappa shape index (κ3) is 4.96. The van der Waals surface area contributed by atoms with Crippen LogP contribution in [0.1, 0.15) is 61.2 Å². The van der Waals surface area contributed by atoms with Gasteiger partial charge >= 0.3 is 0 Å². The fraction of sp³-hybridized carbons (Fsp3) is 0.414. The topological polar surface area (TPSA) is 58.4 Å². The molecule has 3 heterocycles. The second-order valence-electron chi connectivity index (χ2n) is 11.0. The molecular weight excluding hydrogens is 506 g/mol. The van der Waals surface area contributed by atoms with E-state index >= 15 is 4.39 Å². The van der Waals surface area contributed by atoms with Crippen molar-refractivity contribution in [1.29, 1.82) is 0 Å². The molecule has 0 radical (unpaired) electrons. The summed E-state index contributed by atoms with van der Waals surface area (Å²) in [6.45, 7) is 9.28. The van der Waals surface area contributed by atoms with Crippen molar-refractivity contribution in [3.63, 3.8) is 0 Å². The number of carbonyl (C=O) groups is 2. The van der Waals surface area contributed by atoms with Gasteiger partial charge in [0.1, 0.15) is 24.0 Å². The van der Waals surface area contributed by atoms with Crippen molar-refractivity contribution in [3.8, 4) is 5.69 Å². The molecule has 5 rings (SSSR count). The van der Waals surface area contributed by atoms with Crippen LogP contribution in [-0.4, -0.2) is 51.9 Å². The first-order valence-corrected chi connectivity index (χ1v) is 13.9. The van der Waals surface area contributed by atoms with Crippen molar-refractivity contribution < 1.29 is 18.4 Å². The summed E-state index contributed by atoms with van der Waals surface area (Å²) in [5, 5.41) is 4.39. The minimum atomic E-state index is -0.676. The highest BCUT2D eigenvalue weighted by molar-refractivity contribution is 8.00. The average molecular weight is 539 g/mol. The molecule has 0 N–H and O–H groups in total. The van der Waals surface area contributed by atoms with Crippen molar-refractivity contribution >= 4 is 29.4 Å². The van der Waals surface area contributed by atoms with Gasteiger partial charge in [0.15, 0.2) is 0 Å². The van der Waals surface area contributed by atoms with E-state index in [1.165, 1.54) is 28.8 Å². The van der Waals surface area contributed by atoms with E-state index in [2.05, 4.69) is 0 Å². The van der Waals surface area contributed by atoms with E-state index in [-0.39, 0.29) is 29.7 Å². The minimum Gasteiger partial charge on any atom is -0.341 e.